The summed E-state index contributed by atoms with van der Waals surface area (Å²) in [7, 11) is 0. The minimum atomic E-state index is 1.20. The second-order valence-electron chi connectivity index (χ2n) is 14.7. The van der Waals surface area contributed by atoms with Crippen molar-refractivity contribution in [3.8, 4) is 55.6 Å². The Morgan fingerprint density at radius 1 is 0.179 bits per heavy atom. The van der Waals surface area contributed by atoms with Crippen LogP contribution in [0.5, 0.6) is 0 Å². The largest absolute Gasteiger partial charge is 0.0622 e. The van der Waals surface area contributed by atoms with E-state index in [2.05, 4.69) is 218 Å². The van der Waals surface area contributed by atoms with E-state index in [9.17, 15) is 0 Å². The number of rotatable bonds is 5. The van der Waals surface area contributed by atoms with Crippen LogP contribution in [-0.4, -0.2) is 0 Å². The Morgan fingerprint density at radius 2 is 0.661 bits per heavy atom. The van der Waals surface area contributed by atoms with Gasteiger partial charge in [-0.3, -0.25) is 0 Å². The lowest BCUT2D eigenvalue weighted by atomic mass is 9.82. The van der Waals surface area contributed by atoms with Crippen LogP contribution in [-0.2, 0) is 0 Å². The van der Waals surface area contributed by atoms with Crippen molar-refractivity contribution < 1.29 is 0 Å². The molecule has 0 radical (unpaired) electrons. The highest BCUT2D eigenvalue weighted by molar-refractivity contribution is 6.22. The average molecular weight is 709 g/mol. The molecular formula is C56H36. The summed E-state index contributed by atoms with van der Waals surface area (Å²) in [6.45, 7) is 0. The number of hydrogen-bond donors (Lipinski definition) is 0. The van der Waals surface area contributed by atoms with Crippen LogP contribution in [0.1, 0.15) is 0 Å². The lowest BCUT2D eigenvalue weighted by Crippen LogP contribution is -1.94. The Hall–Kier alpha value is -7.28. The molecule has 0 nitrogen and oxygen atoms in total. The molecule has 0 heterocycles. The second-order valence-corrected chi connectivity index (χ2v) is 14.7. The van der Waals surface area contributed by atoms with E-state index in [0.717, 1.165) is 0 Å². The molecule has 0 fully saturated rings. The zero-order valence-electron chi connectivity index (χ0n) is 30.8. The van der Waals surface area contributed by atoms with Gasteiger partial charge in [0.15, 0.2) is 0 Å². The second kappa shape index (κ2) is 13.2. The van der Waals surface area contributed by atoms with E-state index in [1.165, 1.54) is 109 Å². The minimum absolute atomic E-state index is 1.20. The van der Waals surface area contributed by atoms with Crippen molar-refractivity contribution in [2.45, 2.75) is 0 Å². The molecule has 260 valence electrons. The third-order valence-corrected chi connectivity index (χ3v) is 11.6. The van der Waals surface area contributed by atoms with Gasteiger partial charge in [0, 0.05) is 0 Å². The molecule has 0 heteroatoms. The van der Waals surface area contributed by atoms with Crippen molar-refractivity contribution in [1.82, 2.24) is 0 Å². The summed E-state index contributed by atoms with van der Waals surface area (Å²) in [5, 5.41) is 12.6. The van der Waals surface area contributed by atoms with E-state index in [1.54, 1.807) is 0 Å². The molecule has 0 saturated carbocycles. The number of fused-ring (bicyclic) bond motifs is 6. The van der Waals surface area contributed by atoms with Crippen LogP contribution in [0.15, 0.2) is 218 Å². The van der Waals surface area contributed by atoms with Gasteiger partial charge in [-0.25, -0.2) is 0 Å². The summed E-state index contributed by atoms with van der Waals surface area (Å²) in [6, 6.07) is 80.4. The summed E-state index contributed by atoms with van der Waals surface area (Å²) in [4.78, 5) is 0. The summed E-state index contributed by atoms with van der Waals surface area (Å²) in [5.41, 5.74) is 12.4. The number of hydrogen-bond acceptors (Lipinski definition) is 0. The van der Waals surface area contributed by atoms with Crippen LogP contribution in [0.3, 0.4) is 0 Å². The first-order valence-corrected chi connectivity index (χ1v) is 19.4. The Bertz CT molecular complexity index is 3220. The van der Waals surface area contributed by atoms with Gasteiger partial charge < -0.3 is 0 Å². The quantitative estimate of drug-likeness (QED) is 0.123. The first-order chi connectivity index (χ1) is 27.8. The van der Waals surface area contributed by atoms with Crippen LogP contribution < -0.4 is 0 Å². The number of benzene rings is 11. The standard InChI is InChI=1S/C56H36/c1-3-17-37(18-4-1)43-34-33-38-31-32-41(55-50-29-15-13-27-48(50)54(39-19-5-2-6-20-39)49-28-14-16-30-51(49)55)36-52(38)56(43)47-26-12-11-25-46(47)53-35-40-21-7-8-22-42(40)44-23-9-10-24-45(44)53/h1-36H. The minimum Gasteiger partial charge on any atom is -0.0622 e. The molecule has 0 spiro atoms. The molecule has 0 aliphatic heterocycles. The molecule has 0 amide bonds. The van der Waals surface area contributed by atoms with Crippen molar-refractivity contribution in [2.24, 2.45) is 0 Å². The van der Waals surface area contributed by atoms with Crippen LogP contribution in [0.2, 0.25) is 0 Å². The van der Waals surface area contributed by atoms with E-state index in [4.69, 9.17) is 0 Å². The zero-order valence-corrected chi connectivity index (χ0v) is 30.8. The van der Waals surface area contributed by atoms with Crippen molar-refractivity contribution in [3.05, 3.63) is 218 Å². The van der Waals surface area contributed by atoms with E-state index >= 15 is 0 Å². The van der Waals surface area contributed by atoms with Gasteiger partial charge in [0.05, 0.1) is 0 Å². The molecule has 0 aliphatic rings. The van der Waals surface area contributed by atoms with Crippen molar-refractivity contribution in [3.63, 3.8) is 0 Å². The van der Waals surface area contributed by atoms with Gasteiger partial charge >= 0.3 is 0 Å². The molecule has 0 aromatic heterocycles. The predicted molar refractivity (Wildman–Crippen MR) is 241 cm³/mol. The van der Waals surface area contributed by atoms with Gasteiger partial charge in [-0.15, -0.1) is 0 Å². The predicted octanol–water partition coefficient (Wildman–Crippen LogP) is 15.8. The smallest absolute Gasteiger partial charge is 0.00204 e. The molecule has 0 unspecified atom stereocenters. The maximum absolute atomic E-state index is 2.46. The first kappa shape index (κ1) is 32.2. The van der Waals surface area contributed by atoms with Crippen molar-refractivity contribution >= 4 is 53.9 Å². The molecular weight excluding hydrogens is 673 g/mol. The van der Waals surface area contributed by atoms with Gasteiger partial charge in [0.1, 0.15) is 0 Å². The molecule has 0 bridgehead atoms. The fourth-order valence-electron chi connectivity index (χ4n) is 9.19. The van der Waals surface area contributed by atoms with Crippen LogP contribution in [0.25, 0.3) is 109 Å². The third-order valence-electron chi connectivity index (χ3n) is 11.6. The van der Waals surface area contributed by atoms with Crippen molar-refractivity contribution in [2.75, 3.05) is 0 Å². The maximum Gasteiger partial charge on any atom is -0.00204 e. The zero-order chi connectivity index (χ0) is 37.0. The molecule has 11 aromatic rings. The Labute approximate surface area is 326 Å². The highest BCUT2D eigenvalue weighted by Crippen LogP contribution is 2.48. The van der Waals surface area contributed by atoms with Crippen LogP contribution >= 0.6 is 0 Å². The SMILES string of the molecule is c1ccc(-c2ccc3ccc(-c4c5ccccc5c(-c5ccccc5)c5ccccc45)cc3c2-c2ccccc2-c2cc3ccccc3c3ccccc23)cc1. The van der Waals surface area contributed by atoms with Crippen LogP contribution in [0, 0.1) is 0 Å². The monoisotopic (exact) mass is 708 g/mol. The maximum atomic E-state index is 2.46. The fourth-order valence-corrected chi connectivity index (χ4v) is 9.19. The van der Waals surface area contributed by atoms with E-state index in [1.807, 2.05) is 0 Å². The van der Waals surface area contributed by atoms with E-state index in [-0.39, 0.29) is 0 Å². The molecule has 0 saturated heterocycles. The fraction of sp³-hybridized carbons (Fsp3) is 0. The Morgan fingerprint density at radius 3 is 1.32 bits per heavy atom. The summed E-state index contributed by atoms with van der Waals surface area (Å²) in [5.74, 6) is 0. The van der Waals surface area contributed by atoms with Gasteiger partial charge in [-0.05, 0) is 122 Å². The average Bonchev–Trinajstić information content (AvgIpc) is 3.28. The van der Waals surface area contributed by atoms with E-state index < -0.39 is 0 Å². The molecule has 0 atom stereocenters. The molecule has 0 N–H and O–H groups in total. The van der Waals surface area contributed by atoms with Crippen molar-refractivity contribution in [1.29, 1.82) is 0 Å². The lowest BCUT2D eigenvalue weighted by Gasteiger charge is -2.21. The normalized spacial score (nSPS) is 11.6. The highest BCUT2D eigenvalue weighted by atomic mass is 14.2. The van der Waals surface area contributed by atoms with Gasteiger partial charge in [-0.1, -0.05) is 206 Å². The summed E-state index contributed by atoms with van der Waals surface area (Å²) >= 11 is 0. The van der Waals surface area contributed by atoms with E-state index in [0.29, 0.717) is 0 Å². The van der Waals surface area contributed by atoms with Gasteiger partial charge in [0.2, 0.25) is 0 Å². The van der Waals surface area contributed by atoms with Crippen LogP contribution in [0.4, 0.5) is 0 Å². The third kappa shape index (κ3) is 5.15. The Kier molecular flexibility index (Phi) is 7.60. The highest BCUT2D eigenvalue weighted by Gasteiger charge is 2.21. The van der Waals surface area contributed by atoms with Gasteiger partial charge in [0.25, 0.3) is 0 Å². The molecule has 11 rings (SSSR count). The molecule has 11 aromatic carbocycles. The summed E-state index contributed by atoms with van der Waals surface area (Å²) in [6.07, 6.45) is 0. The molecule has 56 heavy (non-hydrogen) atoms. The Balaban J connectivity index is 1.24. The summed E-state index contributed by atoms with van der Waals surface area (Å²) < 4.78 is 0. The van der Waals surface area contributed by atoms with Gasteiger partial charge in [-0.2, -0.15) is 0 Å². The first-order valence-electron chi connectivity index (χ1n) is 19.4. The molecule has 0 aliphatic carbocycles. The topological polar surface area (TPSA) is 0 Å². The lowest BCUT2D eigenvalue weighted by molar-refractivity contribution is 1.60.